The average molecular weight is 898 g/mol. The van der Waals surface area contributed by atoms with Gasteiger partial charge in [-0.1, -0.05) is 48.2 Å². The minimum atomic E-state index is -1.11. The van der Waals surface area contributed by atoms with Crippen molar-refractivity contribution in [3.8, 4) is 22.6 Å². The lowest BCUT2D eigenvalue weighted by molar-refractivity contribution is -0.136. The van der Waals surface area contributed by atoms with Crippen molar-refractivity contribution in [1.82, 2.24) is 35.4 Å². The van der Waals surface area contributed by atoms with Crippen LogP contribution in [0.2, 0.25) is 10.0 Å². The summed E-state index contributed by atoms with van der Waals surface area (Å²) in [6.45, 7) is 0.599. The van der Waals surface area contributed by atoms with Crippen molar-refractivity contribution in [2.45, 2.75) is 51.0 Å². The van der Waals surface area contributed by atoms with Gasteiger partial charge in [0, 0.05) is 49.3 Å². The van der Waals surface area contributed by atoms with Crippen LogP contribution in [0, 0.1) is 0 Å². The van der Waals surface area contributed by atoms with Gasteiger partial charge in [-0.3, -0.25) is 48.3 Å². The maximum atomic E-state index is 13.3. The zero-order valence-corrected chi connectivity index (χ0v) is 35.5. The SMILES string of the molecule is Cn1c(=O)c(-c2c(Cl)cccc2Cl)cc2cnc(Nc3ccc(OCCNC(=O)CCCCCCNC(=O)COc4cccc5c4C(=O)N(C4CCC(=O)NC4=O)C5=O)cc3)nc21. The van der Waals surface area contributed by atoms with Gasteiger partial charge in [-0.2, -0.15) is 4.98 Å². The van der Waals surface area contributed by atoms with E-state index >= 15 is 0 Å². The Kier molecular flexibility index (Phi) is 14.0. The van der Waals surface area contributed by atoms with Crippen molar-refractivity contribution < 1.29 is 38.2 Å². The number of anilines is 2. The molecule has 1 atom stereocenters. The van der Waals surface area contributed by atoms with E-state index in [0.717, 1.165) is 17.7 Å². The molecule has 4 heterocycles. The van der Waals surface area contributed by atoms with E-state index in [4.69, 9.17) is 32.7 Å². The van der Waals surface area contributed by atoms with Crippen LogP contribution in [0.1, 0.15) is 65.7 Å². The van der Waals surface area contributed by atoms with Crippen LogP contribution in [0.5, 0.6) is 11.5 Å². The number of carbonyl (C=O) groups excluding carboxylic acids is 6. The Bertz CT molecular complexity index is 2650. The second-order valence-corrected chi connectivity index (χ2v) is 15.6. The number of aromatic nitrogens is 3. The second kappa shape index (κ2) is 19.9. The number of halogens is 2. The molecule has 0 saturated carbocycles. The fraction of sp³-hybridized carbons (Fsp3) is 0.295. The summed E-state index contributed by atoms with van der Waals surface area (Å²) >= 11 is 12.7. The normalized spacial score (nSPS) is 14.7. The van der Waals surface area contributed by atoms with Crippen molar-refractivity contribution in [2.24, 2.45) is 7.05 Å². The molecule has 2 aromatic heterocycles. The van der Waals surface area contributed by atoms with E-state index in [0.29, 0.717) is 81.9 Å². The average Bonchev–Trinajstić information content (AvgIpc) is 3.52. The lowest BCUT2D eigenvalue weighted by Gasteiger charge is -2.27. The molecule has 0 spiro atoms. The number of nitrogens with one attached hydrogen (secondary N) is 4. The van der Waals surface area contributed by atoms with Crippen LogP contribution in [0.15, 0.2) is 77.7 Å². The second-order valence-electron chi connectivity index (χ2n) is 14.8. The third-order valence-electron chi connectivity index (χ3n) is 10.4. The van der Waals surface area contributed by atoms with E-state index in [2.05, 4.69) is 31.2 Å². The first-order valence-corrected chi connectivity index (χ1v) is 21.0. The molecule has 1 saturated heterocycles. The largest absolute Gasteiger partial charge is 0.492 e. The van der Waals surface area contributed by atoms with Crippen LogP contribution in [0.25, 0.3) is 22.2 Å². The number of ether oxygens (including phenoxy) is 2. The Morgan fingerprint density at radius 3 is 2.32 bits per heavy atom. The summed E-state index contributed by atoms with van der Waals surface area (Å²) in [5.74, 6) is -2.12. The minimum Gasteiger partial charge on any atom is -0.492 e. The van der Waals surface area contributed by atoms with Crippen molar-refractivity contribution in [3.63, 3.8) is 0 Å². The van der Waals surface area contributed by atoms with Crippen LogP contribution in [0.4, 0.5) is 11.6 Å². The van der Waals surface area contributed by atoms with Crippen LogP contribution in [-0.4, -0.2) is 87.2 Å². The molecule has 0 aliphatic carbocycles. The number of hydrogen-bond donors (Lipinski definition) is 4. The molecule has 63 heavy (non-hydrogen) atoms. The zero-order chi connectivity index (χ0) is 44.6. The van der Waals surface area contributed by atoms with E-state index in [9.17, 15) is 33.6 Å². The Morgan fingerprint density at radius 1 is 0.825 bits per heavy atom. The van der Waals surface area contributed by atoms with Gasteiger partial charge >= 0.3 is 0 Å². The van der Waals surface area contributed by atoms with Crippen LogP contribution in [-0.2, 0) is 26.2 Å². The van der Waals surface area contributed by atoms with Gasteiger partial charge in [-0.05, 0) is 73.9 Å². The zero-order valence-electron chi connectivity index (χ0n) is 34.0. The Hall–Kier alpha value is -6.85. The van der Waals surface area contributed by atoms with Gasteiger partial charge in [-0.25, -0.2) is 4.98 Å². The van der Waals surface area contributed by atoms with Gasteiger partial charge in [0.2, 0.25) is 23.7 Å². The summed E-state index contributed by atoms with van der Waals surface area (Å²) in [4.78, 5) is 98.0. The highest BCUT2D eigenvalue weighted by Crippen LogP contribution is 2.35. The quantitative estimate of drug-likeness (QED) is 0.0668. The molecule has 2 aliphatic heterocycles. The van der Waals surface area contributed by atoms with Crippen LogP contribution < -0.4 is 36.3 Å². The maximum absolute atomic E-state index is 13.3. The Labute approximate surface area is 370 Å². The molecule has 3 aromatic carbocycles. The first-order chi connectivity index (χ1) is 30.4. The number of amides is 6. The lowest BCUT2D eigenvalue weighted by atomic mass is 10.0. The monoisotopic (exact) mass is 896 g/mol. The number of rotatable bonds is 18. The number of carbonyl (C=O) groups is 6. The first-order valence-electron chi connectivity index (χ1n) is 20.2. The Balaban J connectivity index is 0.755. The number of imide groups is 2. The Morgan fingerprint density at radius 2 is 1.56 bits per heavy atom. The van der Waals surface area contributed by atoms with Crippen LogP contribution >= 0.6 is 23.2 Å². The van der Waals surface area contributed by atoms with Crippen molar-refractivity contribution in [2.75, 3.05) is 31.6 Å². The molecule has 0 bridgehead atoms. The van der Waals surface area contributed by atoms with Crippen molar-refractivity contribution in [3.05, 3.63) is 104 Å². The number of aryl methyl sites for hydroxylation is 1. The molecule has 17 nitrogen and oxygen atoms in total. The van der Waals surface area contributed by atoms with E-state index in [1.807, 2.05) is 0 Å². The van der Waals surface area contributed by atoms with Gasteiger partial charge < -0.3 is 25.4 Å². The predicted octanol–water partition coefficient (Wildman–Crippen LogP) is 5.09. The van der Waals surface area contributed by atoms with Crippen molar-refractivity contribution >= 4 is 81.3 Å². The van der Waals surface area contributed by atoms with Gasteiger partial charge in [0.15, 0.2) is 6.61 Å². The third kappa shape index (κ3) is 10.3. The third-order valence-corrected chi connectivity index (χ3v) is 11.1. The number of hydrogen-bond acceptors (Lipinski definition) is 12. The molecule has 1 fully saturated rings. The van der Waals surface area contributed by atoms with E-state index in [-0.39, 0.29) is 54.4 Å². The van der Waals surface area contributed by atoms with Crippen LogP contribution in [0.3, 0.4) is 0 Å². The molecular formula is C44H42Cl2N8O9. The van der Waals surface area contributed by atoms with E-state index < -0.39 is 35.6 Å². The topological polar surface area (TPSA) is 220 Å². The summed E-state index contributed by atoms with van der Waals surface area (Å²) in [6, 6.07) is 17.2. The van der Waals surface area contributed by atoms with Gasteiger partial charge in [0.25, 0.3) is 23.3 Å². The fourth-order valence-corrected chi connectivity index (χ4v) is 7.84. The number of fused-ring (bicyclic) bond motifs is 2. The molecule has 0 radical (unpaired) electrons. The molecular weight excluding hydrogens is 855 g/mol. The van der Waals surface area contributed by atoms with Gasteiger partial charge in [0.1, 0.15) is 29.8 Å². The van der Waals surface area contributed by atoms with Gasteiger partial charge in [-0.15, -0.1) is 0 Å². The number of nitrogens with zero attached hydrogens (tertiary/aromatic N) is 4. The predicted molar refractivity (Wildman–Crippen MR) is 233 cm³/mol. The molecule has 1 unspecified atom stereocenters. The van der Waals surface area contributed by atoms with E-state index in [1.54, 1.807) is 61.8 Å². The molecule has 4 N–H and O–H groups in total. The molecule has 2 aliphatic rings. The summed E-state index contributed by atoms with van der Waals surface area (Å²) in [5, 5.41) is 12.3. The first kappa shape index (κ1) is 44.2. The summed E-state index contributed by atoms with van der Waals surface area (Å²) in [6.07, 6.45) is 4.94. The lowest BCUT2D eigenvalue weighted by Crippen LogP contribution is -2.54. The van der Waals surface area contributed by atoms with Gasteiger partial charge in [0.05, 0.1) is 33.3 Å². The minimum absolute atomic E-state index is 0.00389. The summed E-state index contributed by atoms with van der Waals surface area (Å²) < 4.78 is 12.8. The number of pyridine rings is 1. The number of benzene rings is 3. The molecule has 5 aromatic rings. The number of unbranched alkanes of at least 4 members (excludes halogenated alkanes) is 3. The van der Waals surface area contributed by atoms with Crippen molar-refractivity contribution in [1.29, 1.82) is 0 Å². The highest BCUT2D eigenvalue weighted by atomic mass is 35.5. The molecule has 19 heteroatoms. The highest BCUT2D eigenvalue weighted by Gasteiger charge is 2.46. The fourth-order valence-electron chi connectivity index (χ4n) is 7.24. The maximum Gasteiger partial charge on any atom is 0.266 e. The molecule has 326 valence electrons. The highest BCUT2D eigenvalue weighted by molar-refractivity contribution is 6.39. The summed E-state index contributed by atoms with van der Waals surface area (Å²) in [5.41, 5.74) is 1.65. The number of piperidine rings is 1. The smallest absolute Gasteiger partial charge is 0.266 e. The van der Waals surface area contributed by atoms with E-state index in [1.165, 1.54) is 22.8 Å². The molecule has 7 rings (SSSR count). The molecule has 6 amide bonds. The standard InChI is InChI=1S/C44H42Cl2N8O9/c1-53-39-25(22-29(41(53)59)37-30(45)9-7-10-31(37)46)23-49-44(52-39)50-26-13-15-27(16-14-26)62-21-20-48-34(55)12-4-2-3-5-19-47-36(57)24-63-33-11-6-8-28-38(33)43(61)54(42(28)60)32-17-18-35(56)51-40(32)58/h6-11,13-16,22-23,32H,2-5,12,17-21,24H2,1H3,(H,47,57)(H,48,55)(H,49,50,52)(H,51,56,58). The summed E-state index contributed by atoms with van der Waals surface area (Å²) in [7, 11) is 1.62.